The molecule has 0 spiro atoms. The summed E-state index contributed by atoms with van der Waals surface area (Å²) in [6.45, 7) is 5.07. The average molecular weight is 472 g/mol. The number of hydrogen-bond donors (Lipinski definition) is 1. The highest BCUT2D eigenvalue weighted by Gasteiger charge is 2.35. The normalized spacial score (nSPS) is 17.2. The van der Waals surface area contributed by atoms with Gasteiger partial charge in [-0.05, 0) is 43.9 Å². The number of rotatable bonds is 6. The molecular formula is C27H29N5O3. The number of amides is 1. The first-order valence-electron chi connectivity index (χ1n) is 11.8. The summed E-state index contributed by atoms with van der Waals surface area (Å²) < 4.78 is 13.0. The van der Waals surface area contributed by atoms with Crippen molar-refractivity contribution in [3.8, 4) is 23.3 Å². The minimum atomic E-state index is -0.0296. The molecule has 1 aromatic carbocycles. The third-order valence-corrected chi connectivity index (χ3v) is 6.78. The van der Waals surface area contributed by atoms with Crippen LogP contribution >= 0.6 is 0 Å². The zero-order chi connectivity index (χ0) is 24.5. The van der Waals surface area contributed by atoms with Crippen molar-refractivity contribution in [2.24, 2.45) is 0 Å². The number of nitrogen functional groups attached to an aromatic ring is 1. The van der Waals surface area contributed by atoms with Crippen LogP contribution in [0.4, 0.5) is 5.82 Å². The number of carbonyl (C=O) groups is 1. The van der Waals surface area contributed by atoms with Gasteiger partial charge in [0.15, 0.2) is 0 Å². The topological polar surface area (TPSA) is 95.5 Å². The molecule has 3 heterocycles. The molecule has 2 aliphatic rings. The zero-order valence-corrected chi connectivity index (χ0v) is 20.1. The van der Waals surface area contributed by atoms with Crippen LogP contribution in [-0.4, -0.2) is 52.1 Å². The maximum atomic E-state index is 12.4. The largest absolute Gasteiger partial charge is 0.497 e. The number of ether oxygens (including phenoxy) is 2. The van der Waals surface area contributed by atoms with Crippen LogP contribution in [0.5, 0.6) is 11.5 Å². The van der Waals surface area contributed by atoms with Gasteiger partial charge in [0.25, 0.3) is 0 Å². The molecule has 3 aromatic rings. The van der Waals surface area contributed by atoms with Crippen LogP contribution in [0, 0.1) is 11.8 Å². The minimum Gasteiger partial charge on any atom is -0.497 e. The first kappa shape index (κ1) is 22.8. The van der Waals surface area contributed by atoms with E-state index in [-0.39, 0.29) is 11.9 Å². The van der Waals surface area contributed by atoms with E-state index >= 15 is 0 Å². The summed E-state index contributed by atoms with van der Waals surface area (Å²) in [7, 11) is 3.23. The standard InChI is InChI=1S/C27H29N5O3/c1-4-23(33)31-11-5-6-19(31)15-32-25(18-8-9-18)22(24-26(28)29-16-30-27(24)32)10-7-17-12-20(34-2)14-21(13-17)35-3/h4,12-14,16,18-19H,1,5-6,8-9,11,15H2,2-3H3,(H2,28,29,30). The Balaban J connectivity index is 1.64. The number of methoxy groups -OCH3 is 2. The lowest BCUT2D eigenvalue weighted by Gasteiger charge is -2.25. The maximum Gasteiger partial charge on any atom is 0.246 e. The number of benzene rings is 1. The molecule has 180 valence electrons. The predicted octanol–water partition coefficient (Wildman–Crippen LogP) is 3.48. The molecule has 1 atom stereocenters. The van der Waals surface area contributed by atoms with E-state index in [9.17, 15) is 4.79 Å². The van der Waals surface area contributed by atoms with Crippen molar-refractivity contribution < 1.29 is 14.3 Å². The molecule has 1 saturated heterocycles. The van der Waals surface area contributed by atoms with E-state index in [1.165, 1.54) is 12.4 Å². The molecule has 1 saturated carbocycles. The number of aromatic nitrogens is 3. The molecule has 8 nitrogen and oxygen atoms in total. The summed E-state index contributed by atoms with van der Waals surface area (Å²) in [6, 6.07) is 5.65. The Kier molecular flexibility index (Phi) is 6.08. The SMILES string of the molecule is C=CC(=O)N1CCCC1Cn1c(C2CC2)c(C#Cc2cc(OC)cc(OC)c2)c2c(N)ncnc21. The highest BCUT2D eigenvalue weighted by Crippen LogP contribution is 2.45. The number of hydrogen-bond acceptors (Lipinski definition) is 6. The number of nitrogens with two attached hydrogens (primary N) is 1. The van der Waals surface area contributed by atoms with E-state index < -0.39 is 0 Å². The van der Waals surface area contributed by atoms with Gasteiger partial charge in [-0.25, -0.2) is 9.97 Å². The number of carbonyl (C=O) groups excluding carboxylic acids is 1. The van der Waals surface area contributed by atoms with Crippen LogP contribution in [0.25, 0.3) is 11.0 Å². The molecule has 0 radical (unpaired) electrons. The average Bonchev–Trinajstić information content (AvgIpc) is 3.52. The van der Waals surface area contributed by atoms with Gasteiger partial charge >= 0.3 is 0 Å². The van der Waals surface area contributed by atoms with E-state index in [0.29, 0.717) is 29.8 Å². The number of fused-ring (bicyclic) bond motifs is 1. The van der Waals surface area contributed by atoms with Gasteiger partial charge in [0.05, 0.1) is 31.2 Å². The fraction of sp³-hybridized carbons (Fsp3) is 0.370. The molecule has 35 heavy (non-hydrogen) atoms. The highest BCUT2D eigenvalue weighted by molar-refractivity contribution is 5.94. The number of anilines is 1. The van der Waals surface area contributed by atoms with E-state index in [1.54, 1.807) is 14.2 Å². The molecule has 5 rings (SSSR count). The van der Waals surface area contributed by atoms with Crippen molar-refractivity contribution in [3.05, 3.63) is 54.0 Å². The lowest BCUT2D eigenvalue weighted by molar-refractivity contribution is -0.127. The van der Waals surface area contributed by atoms with Crippen LogP contribution in [-0.2, 0) is 11.3 Å². The van der Waals surface area contributed by atoms with Gasteiger partial charge < -0.3 is 24.7 Å². The molecule has 8 heteroatoms. The molecule has 2 fully saturated rings. The summed E-state index contributed by atoms with van der Waals surface area (Å²) in [6.07, 6.45) is 6.98. The molecule has 2 N–H and O–H groups in total. The Morgan fingerprint density at radius 2 is 1.91 bits per heavy atom. The van der Waals surface area contributed by atoms with E-state index in [0.717, 1.165) is 60.1 Å². The Labute approximate surface area is 204 Å². The Morgan fingerprint density at radius 1 is 1.17 bits per heavy atom. The fourth-order valence-corrected chi connectivity index (χ4v) is 4.96. The van der Waals surface area contributed by atoms with Gasteiger partial charge in [-0.2, -0.15) is 0 Å². The van der Waals surface area contributed by atoms with Gasteiger partial charge in [-0.1, -0.05) is 18.4 Å². The molecule has 1 amide bonds. The maximum absolute atomic E-state index is 12.4. The minimum absolute atomic E-state index is 0.0296. The first-order chi connectivity index (χ1) is 17.0. The zero-order valence-electron chi connectivity index (χ0n) is 20.1. The second-order valence-corrected chi connectivity index (χ2v) is 8.99. The van der Waals surface area contributed by atoms with Crippen LogP contribution < -0.4 is 15.2 Å². The van der Waals surface area contributed by atoms with Gasteiger partial charge in [0.1, 0.15) is 29.3 Å². The van der Waals surface area contributed by atoms with Crippen molar-refractivity contribution in [1.82, 2.24) is 19.4 Å². The van der Waals surface area contributed by atoms with Crippen LogP contribution in [0.3, 0.4) is 0 Å². The Morgan fingerprint density at radius 3 is 2.57 bits per heavy atom. The molecule has 0 bridgehead atoms. The van der Waals surface area contributed by atoms with Crippen LogP contribution in [0.15, 0.2) is 37.2 Å². The summed E-state index contributed by atoms with van der Waals surface area (Å²) >= 11 is 0. The first-order valence-corrected chi connectivity index (χ1v) is 11.8. The van der Waals surface area contributed by atoms with E-state index in [2.05, 4.69) is 33.0 Å². The van der Waals surface area contributed by atoms with Crippen molar-refractivity contribution >= 4 is 22.8 Å². The van der Waals surface area contributed by atoms with Gasteiger partial charge in [-0.15, -0.1) is 0 Å². The number of nitrogens with zero attached hydrogens (tertiary/aromatic N) is 4. The lowest BCUT2D eigenvalue weighted by atomic mass is 10.1. The quantitative estimate of drug-likeness (QED) is 0.437. The third kappa shape index (κ3) is 4.30. The van der Waals surface area contributed by atoms with Crippen LogP contribution in [0.2, 0.25) is 0 Å². The monoisotopic (exact) mass is 471 g/mol. The van der Waals surface area contributed by atoms with E-state index in [4.69, 9.17) is 15.2 Å². The van der Waals surface area contributed by atoms with Crippen molar-refractivity contribution in [3.63, 3.8) is 0 Å². The third-order valence-electron chi connectivity index (χ3n) is 6.78. The summed E-state index contributed by atoms with van der Waals surface area (Å²) in [5, 5.41) is 0.774. The lowest BCUT2D eigenvalue weighted by Crippen LogP contribution is -2.37. The summed E-state index contributed by atoms with van der Waals surface area (Å²) in [5.74, 6) is 8.79. The molecular weight excluding hydrogens is 442 g/mol. The molecule has 1 aliphatic heterocycles. The van der Waals surface area contributed by atoms with Gasteiger partial charge in [0.2, 0.25) is 5.91 Å². The van der Waals surface area contributed by atoms with Crippen molar-refractivity contribution in [2.45, 2.75) is 44.2 Å². The second-order valence-electron chi connectivity index (χ2n) is 8.99. The fourth-order valence-electron chi connectivity index (χ4n) is 4.96. The number of likely N-dealkylation sites (tertiary alicyclic amines) is 1. The molecule has 2 aromatic heterocycles. The molecule has 1 unspecified atom stereocenters. The van der Waals surface area contributed by atoms with Crippen LogP contribution in [0.1, 0.15) is 48.4 Å². The molecule has 1 aliphatic carbocycles. The summed E-state index contributed by atoms with van der Waals surface area (Å²) in [5.41, 5.74) is 9.91. The Bertz CT molecular complexity index is 1340. The second kappa shape index (κ2) is 9.34. The van der Waals surface area contributed by atoms with E-state index in [1.807, 2.05) is 23.1 Å². The Hall–Kier alpha value is -3.99. The predicted molar refractivity (Wildman–Crippen MR) is 134 cm³/mol. The smallest absolute Gasteiger partial charge is 0.246 e. The van der Waals surface area contributed by atoms with Crippen molar-refractivity contribution in [2.75, 3.05) is 26.5 Å². The van der Waals surface area contributed by atoms with Crippen molar-refractivity contribution in [1.29, 1.82) is 0 Å². The summed E-state index contributed by atoms with van der Waals surface area (Å²) in [4.78, 5) is 23.2. The highest BCUT2D eigenvalue weighted by atomic mass is 16.5. The van der Waals surface area contributed by atoms with Gasteiger partial charge in [0, 0.05) is 36.3 Å². The van der Waals surface area contributed by atoms with Gasteiger partial charge in [-0.3, -0.25) is 4.79 Å².